The Hall–Kier alpha value is -1.96. The Bertz CT molecular complexity index is 1280. The summed E-state index contributed by atoms with van der Waals surface area (Å²) in [5, 5.41) is 3.23. The molecule has 0 radical (unpaired) electrons. The second-order valence-electron chi connectivity index (χ2n) is 9.14. The first kappa shape index (κ1) is 26.1. The van der Waals surface area contributed by atoms with Gasteiger partial charge in [0.05, 0.1) is 0 Å². The van der Waals surface area contributed by atoms with Crippen molar-refractivity contribution in [1.82, 2.24) is 0 Å². The molecule has 0 N–H and O–H groups in total. The quantitative estimate of drug-likeness (QED) is 0.291. The maximum Gasteiger partial charge on any atom is -1.00 e. The van der Waals surface area contributed by atoms with Crippen LogP contribution in [0, 0.1) is 0 Å². The third-order valence-electron chi connectivity index (χ3n) is 7.14. The van der Waals surface area contributed by atoms with E-state index in [0.717, 1.165) is 6.42 Å². The molecule has 0 saturated carbocycles. The first-order valence-electron chi connectivity index (χ1n) is 11.8. The van der Waals surface area contributed by atoms with Crippen LogP contribution in [0.3, 0.4) is 0 Å². The van der Waals surface area contributed by atoms with Gasteiger partial charge < -0.3 is 24.8 Å². The molecule has 4 aromatic rings. The summed E-state index contributed by atoms with van der Waals surface area (Å²) in [6.07, 6.45) is 6.19. The van der Waals surface area contributed by atoms with Crippen molar-refractivity contribution in [3.05, 3.63) is 141 Å². The van der Waals surface area contributed by atoms with Gasteiger partial charge in [0.15, 0.2) is 0 Å². The molecule has 0 unspecified atom stereocenters. The molecule has 0 amide bonds. The molecule has 0 nitrogen and oxygen atoms in total. The van der Waals surface area contributed by atoms with Crippen molar-refractivity contribution >= 4 is 16.3 Å². The first-order chi connectivity index (χ1) is 16.3. The van der Waals surface area contributed by atoms with Crippen molar-refractivity contribution < 1.29 is 45.7 Å². The van der Waals surface area contributed by atoms with Gasteiger partial charge in [-0.2, -0.15) is 0 Å². The van der Waals surface area contributed by atoms with Gasteiger partial charge in [-0.05, 0) is 0 Å². The Balaban J connectivity index is 0.00000144. The molecule has 0 aromatic heterocycles. The van der Waals surface area contributed by atoms with Crippen molar-refractivity contribution in [3.8, 4) is 11.1 Å². The molecule has 0 aliphatic heterocycles. The van der Waals surface area contributed by atoms with Crippen LogP contribution in [0.1, 0.15) is 28.1 Å². The first-order valence-corrected chi connectivity index (χ1v) is 20.5. The zero-order valence-electron chi connectivity index (χ0n) is 19.7. The van der Waals surface area contributed by atoms with Crippen molar-refractivity contribution in [2.24, 2.45) is 0 Å². The van der Waals surface area contributed by atoms with Crippen molar-refractivity contribution in [1.29, 1.82) is 0 Å². The van der Waals surface area contributed by atoms with E-state index in [0.29, 0.717) is 3.63 Å². The molecule has 0 fully saturated rings. The number of halogens is 2. The van der Waals surface area contributed by atoms with E-state index in [1.807, 2.05) is 0 Å². The van der Waals surface area contributed by atoms with E-state index in [4.69, 9.17) is 0 Å². The van der Waals surface area contributed by atoms with E-state index in [9.17, 15) is 0 Å². The zero-order valence-corrected chi connectivity index (χ0v) is 24.8. The summed E-state index contributed by atoms with van der Waals surface area (Å²) in [5.74, 6) is -1.42. The number of benzene rings is 4. The molecule has 4 heteroatoms. The van der Waals surface area contributed by atoms with Gasteiger partial charge in [-0.25, -0.2) is 0 Å². The average molecular weight is 590 g/mol. The predicted molar refractivity (Wildman–Crippen MR) is 139 cm³/mol. The van der Waals surface area contributed by atoms with Crippen LogP contribution in [0.25, 0.3) is 11.1 Å². The molecule has 2 aliphatic rings. The Kier molecular flexibility index (Phi) is 8.50. The molecule has 0 saturated heterocycles. The van der Waals surface area contributed by atoms with Crippen LogP contribution in [0.15, 0.2) is 130 Å². The minimum Gasteiger partial charge on any atom is -1.00 e. The Morgan fingerprint density at radius 3 is 1.54 bits per heavy atom. The summed E-state index contributed by atoms with van der Waals surface area (Å²) < 4.78 is 2.39. The normalized spacial score (nSPS) is 13.8. The standard InChI is InChI=1S/C13H9.C12H11Si.C6H7.2ClH.Zr/c1-3-7-12-10(5-1)9-11-6-2-4-8-13(11)12;1-3-7-11(8-4-1)13-12-9-5-2-6-10-12;1-6-4-2-3-5-6;;;/h1-9H;1-10,13H;4-5H,2H2,1H3;2*1H;/q;;;;;+2/p-2. The summed E-state index contributed by atoms with van der Waals surface area (Å²) >= 11 is -2.28. The number of fused-ring (bicyclic) bond motifs is 3. The maximum absolute atomic E-state index is 2.57. The van der Waals surface area contributed by atoms with E-state index < -0.39 is 26.8 Å². The third kappa shape index (κ3) is 4.87. The molecule has 4 aromatic carbocycles. The molecule has 0 atom stereocenters. The Morgan fingerprint density at radius 1 is 0.629 bits per heavy atom. The van der Waals surface area contributed by atoms with E-state index in [-0.39, 0.29) is 24.8 Å². The topological polar surface area (TPSA) is 0 Å². The second-order valence-corrected chi connectivity index (χ2v) is 24.5. The Morgan fingerprint density at radius 2 is 1.09 bits per heavy atom. The molecular formula is C31H27Cl2SiZr. The van der Waals surface area contributed by atoms with Gasteiger partial charge in [0.2, 0.25) is 0 Å². The number of hydrogen-bond donors (Lipinski definition) is 0. The number of allylic oxidation sites excluding steroid dienone is 4. The van der Waals surface area contributed by atoms with Gasteiger partial charge in [0.1, 0.15) is 0 Å². The van der Waals surface area contributed by atoms with E-state index in [1.54, 1.807) is 24.8 Å². The van der Waals surface area contributed by atoms with Gasteiger partial charge >= 0.3 is 207 Å². The average Bonchev–Trinajstić information content (AvgIpc) is 3.45. The Labute approximate surface area is 229 Å². The van der Waals surface area contributed by atoms with Crippen LogP contribution in [-0.2, 0) is 20.9 Å². The third-order valence-corrected chi connectivity index (χ3v) is 29.3. The van der Waals surface area contributed by atoms with Crippen molar-refractivity contribution in [3.63, 3.8) is 0 Å². The summed E-state index contributed by atoms with van der Waals surface area (Å²) in [5.41, 5.74) is 7.56. The van der Waals surface area contributed by atoms with Crippen LogP contribution in [0.2, 0.25) is 0 Å². The smallest absolute Gasteiger partial charge is 1.00 e. The van der Waals surface area contributed by atoms with Gasteiger partial charge in [-0.1, -0.05) is 0 Å². The van der Waals surface area contributed by atoms with E-state index in [1.165, 1.54) is 16.7 Å². The van der Waals surface area contributed by atoms with E-state index in [2.05, 4.69) is 128 Å². The van der Waals surface area contributed by atoms with Gasteiger partial charge in [0.25, 0.3) is 0 Å². The summed E-state index contributed by atoms with van der Waals surface area (Å²) in [7, 11) is 0. The summed E-state index contributed by atoms with van der Waals surface area (Å²) in [6, 6.07) is 41.5. The molecule has 2 aliphatic carbocycles. The largest absolute Gasteiger partial charge is 1.00 e. The monoisotopic (exact) mass is 587 g/mol. The summed E-state index contributed by atoms with van der Waals surface area (Å²) in [4.78, 5) is 0. The number of hydrogen-bond acceptors (Lipinski definition) is 0. The van der Waals surface area contributed by atoms with Crippen LogP contribution in [0.4, 0.5) is 0 Å². The van der Waals surface area contributed by atoms with Crippen LogP contribution in [-0.4, -0.2) is 5.92 Å². The second kappa shape index (κ2) is 11.4. The van der Waals surface area contributed by atoms with Crippen LogP contribution in [0.5, 0.6) is 0 Å². The molecule has 6 rings (SSSR count). The minimum atomic E-state index is -2.28. The number of rotatable bonds is 5. The predicted octanol–water partition coefficient (Wildman–Crippen LogP) is 0.155. The molecule has 173 valence electrons. The molecule has 0 heterocycles. The SMILES string of the molecule is CC1=CC[C]([Zr+2]([CH]2c3ccccc3-c3ccccc32)[SiH](c2ccccc2)c2ccccc2)=C1.[Cl-].[Cl-]. The molecule has 0 bridgehead atoms. The molecule has 35 heavy (non-hydrogen) atoms. The van der Waals surface area contributed by atoms with Gasteiger partial charge in [-0.15, -0.1) is 0 Å². The minimum absolute atomic E-state index is 0. The molecular weight excluding hydrogens is 563 g/mol. The van der Waals surface area contributed by atoms with Gasteiger partial charge in [-0.3, -0.25) is 0 Å². The summed E-state index contributed by atoms with van der Waals surface area (Å²) in [6.45, 7) is 2.28. The zero-order chi connectivity index (χ0) is 22.2. The fraction of sp³-hybridized carbons (Fsp3) is 0.0968. The van der Waals surface area contributed by atoms with E-state index >= 15 is 0 Å². The van der Waals surface area contributed by atoms with Crippen molar-refractivity contribution in [2.45, 2.75) is 17.0 Å². The fourth-order valence-electron chi connectivity index (χ4n) is 5.74. The fourth-order valence-corrected chi connectivity index (χ4v) is 31.0. The van der Waals surface area contributed by atoms with Crippen molar-refractivity contribution in [2.75, 3.05) is 0 Å². The van der Waals surface area contributed by atoms with Crippen LogP contribution >= 0.6 is 0 Å². The molecule has 0 spiro atoms. The van der Waals surface area contributed by atoms with Crippen LogP contribution < -0.4 is 35.2 Å². The maximum atomic E-state index is 2.57. The van der Waals surface area contributed by atoms with Gasteiger partial charge in [0, 0.05) is 0 Å².